The minimum Gasteiger partial charge on any atom is -0.492 e. The molecule has 0 saturated carbocycles. The Morgan fingerprint density at radius 1 is 1.11 bits per heavy atom. The summed E-state index contributed by atoms with van der Waals surface area (Å²) in [5.41, 5.74) is 1.92. The number of hydrogen-bond acceptors (Lipinski definition) is 6. The van der Waals surface area contributed by atoms with Crippen molar-refractivity contribution in [2.24, 2.45) is 0 Å². The van der Waals surface area contributed by atoms with Crippen LogP contribution in [0.15, 0.2) is 47.4 Å². The van der Waals surface area contributed by atoms with Crippen LogP contribution in [0.5, 0.6) is 17.2 Å². The van der Waals surface area contributed by atoms with Crippen molar-refractivity contribution in [2.45, 2.75) is 6.92 Å². The summed E-state index contributed by atoms with van der Waals surface area (Å²) in [5, 5.41) is -0.292. The molecule has 2 aromatic rings. The lowest BCUT2D eigenvalue weighted by molar-refractivity contribution is -0.123. The number of imide groups is 1. The van der Waals surface area contributed by atoms with Gasteiger partial charge in [0.15, 0.2) is 11.5 Å². The Balaban J connectivity index is 1.40. The molecule has 0 N–H and O–H groups in total. The lowest BCUT2D eigenvalue weighted by Gasteiger charge is -2.13. The normalized spacial score (nSPS) is 17.1. The topological polar surface area (TPSA) is 65.1 Å². The van der Waals surface area contributed by atoms with E-state index in [1.807, 2.05) is 37.3 Å². The van der Waals surface area contributed by atoms with Crippen LogP contribution in [-0.4, -0.2) is 36.0 Å². The zero-order valence-electron chi connectivity index (χ0n) is 14.6. The van der Waals surface area contributed by atoms with Crippen LogP contribution in [0.4, 0.5) is 4.79 Å². The van der Waals surface area contributed by atoms with Gasteiger partial charge in [-0.05, 0) is 54.6 Å². The van der Waals surface area contributed by atoms with E-state index < -0.39 is 0 Å². The summed E-state index contributed by atoms with van der Waals surface area (Å²) in [4.78, 5) is 26.3. The molecule has 0 bridgehead atoms. The van der Waals surface area contributed by atoms with Crippen molar-refractivity contribution in [3.8, 4) is 17.2 Å². The van der Waals surface area contributed by atoms with Gasteiger partial charge in [-0.3, -0.25) is 14.5 Å². The van der Waals surface area contributed by atoms with Gasteiger partial charge in [0.2, 0.25) is 6.79 Å². The predicted octanol–water partition coefficient (Wildman–Crippen LogP) is 3.84. The number of amides is 2. The Morgan fingerprint density at radius 3 is 2.70 bits per heavy atom. The van der Waals surface area contributed by atoms with E-state index in [-0.39, 0.29) is 31.1 Å². The molecule has 6 nitrogen and oxygen atoms in total. The maximum absolute atomic E-state index is 12.5. The Hall–Kier alpha value is -2.93. The molecule has 138 valence electrons. The van der Waals surface area contributed by atoms with Gasteiger partial charge in [-0.25, -0.2) is 0 Å². The van der Waals surface area contributed by atoms with Gasteiger partial charge >= 0.3 is 0 Å². The molecule has 1 fully saturated rings. The highest BCUT2D eigenvalue weighted by molar-refractivity contribution is 8.18. The fourth-order valence-electron chi connectivity index (χ4n) is 2.74. The molecular formula is C20H17NO5S. The number of hydrogen-bond donors (Lipinski definition) is 0. The van der Waals surface area contributed by atoms with E-state index in [0.717, 1.165) is 22.9 Å². The molecule has 2 aliphatic rings. The third kappa shape index (κ3) is 3.78. The molecule has 0 spiro atoms. The molecule has 0 radical (unpaired) electrons. The Labute approximate surface area is 160 Å². The first-order valence-electron chi connectivity index (χ1n) is 8.45. The second-order valence-electron chi connectivity index (χ2n) is 6.11. The smallest absolute Gasteiger partial charge is 0.293 e. The summed E-state index contributed by atoms with van der Waals surface area (Å²) >= 11 is 0.929. The summed E-state index contributed by atoms with van der Waals surface area (Å²) < 4.78 is 16.2. The van der Waals surface area contributed by atoms with Gasteiger partial charge in [0.25, 0.3) is 11.1 Å². The lowest BCUT2D eigenvalue weighted by Crippen LogP contribution is -2.32. The van der Waals surface area contributed by atoms with E-state index >= 15 is 0 Å². The molecule has 2 heterocycles. The van der Waals surface area contributed by atoms with Gasteiger partial charge < -0.3 is 14.2 Å². The van der Waals surface area contributed by atoms with E-state index in [0.29, 0.717) is 22.2 Å². The molecule has 0 aromatic heterocycles. The number of ether oxygens (including phenoxy) is 3. The van der Waals surface area contributed by atoms with Crippen LogP contribution in [0.25, 0.3) is 6.08 Å². The maximum Gasteiger partial charge on any atom is 0.293 e. The fraction of sp³-hybridized carbons (Fsp3) is 0.200. The minimum absolute atomic E-state index is 0.191. The first-order chi connectivity index (χ1) is 13.1. The third-order valence-electron chi connectivity index (χ3n) is 4.17. The molecule has 0 atom stereocenters. The standard InChI is InChI=1S/C20H17NO5S/c1-13-2-5-15(6-3-13)24-9-8-21-19(22)18(27-20(21)23)11-14-4-7-16-17(10-14)26-12-25-16/h2-7,10-11H,8-9,12H2,1H3/b18-11-. The molecule has 1 saturated heterocycles. The first-order valence-corrected chi connectivity index (χ1v) is 9.26. The van der Waals surface area contributed by atoms with E-state index in [2.05, 4.69) is 0 Å². The second kappa shape index (κ2) is 7.36. The van der Waals surface area contributed by atoms with E-state index in [9.17, 15) is 9.59 Å². The van der Waals surface area contributed by atoms with Gasteiger partial charge in [-0.2, -0.15) is 0 Å². The number of benzene rings is 2. The van der Waals surface area contributed by atoms with Crippen LogP contribution in [0.2, 0.25) is 0 Å². The van der Waals surface area contributed by atoms with Crippen molar-refractivity contribution >= 4 is 29.0 Å². The summed E-state index contributed by atoms with van der Waals surface area (Å²) in [7, 11) is 0. The predicted molar refractivity (Wildman–Crippen MR) is 102 cm³/mol. The highest BCUT2D eigenvalue weighted by atomic mass is 32.2. The highest BCUT2D eigenvalue weighted by Crippen LogP contribution is 2.36. The number of thioether (sulfide) groups is 1. The average Bonchev–Trinajstić information content (AvgIpc) is 3.22. The van der Waals surface area contributed by atoms with Gasteiger partial charge in [-0.1, -0.05) is 23.8 Å². The molecule has 2 aliphatic heterocycles. The van der Waals surface area contributed by atoms with Gasteiger partial charge in [-0.15, -0.1) is 0 Å². The van der Waals surface area contributed by atoms with Crippen LogP contribution >= 0.6 is 11.8 Å². The van der Waals surface area contributed by atoms with Crippen LogP contribution in [0, 0.1) is 6.92 Å². The van der Waals surface area contributed by atoms with Crippen molar-refractivity contribution in [3.63, 3.8) is 0 Å². The quantitative estimate of drug-likeness (QED) is 0.731. The summed E-state index contributed by atoms with van der Waals surface area (Å²) in [6.07, 6.45) is 1.69. The van der Waals surface area contributed by atoms with Crippen molar-refractivity contribution in [1.82, 2.24) is 4.90 Å². The Morgan fingerprint density at radius 2 is 1.89 bits per heavy atom. The van der Waals surface area contributed by atoms with E-state index in [1.54, 1.807) is 18.2 Å². The minimum atomic E-state index is -0.310. The molecule has 2 aromatic carbocycles. The Kier molecular flexibility index (Phi) is 4.77. The van der Waals surface area contributed by atoms with E-state index in [1.165, 1.54) is 4.90 Å². The average molecular weight is 383 g/mol. The SMILES string of the molecule is Cc1ccc(OCCN2C(=O)S/C(=C\c3ccc4c(c3)OCO4)C2=O)cc1. The number of rotatable bonds is 5. The van der Waals surface area contributed by atoms with Crippen LogP contribution in [0.1, 0.15) is 11.1 Å². The second-order valence-corrected chi connectivity index (χ2v) is 7.10. The fourth-order valence-corrected chi connectivity index (χ4v) is 3.60. The summed E-state index contributed by atoms with van der Waals surface area (Å²) in [5.74, 6) is 1.71. The van der Waals surface area contributed by atoms with E-state index in [4.69, 9.17) is 14.2 Å². The number of carbonyl (C=O) groups is 2. The monoisotopic (exact) mass is 383 g/mol. The molecule has 4 rings (SSSR count). The summed E-state index contributed by atoms with van der Waals surface area (Å²) in [6.45, 7) is 2.64. The zero-order chi connectivity index (χ0) is 18.8. The van der Waals surface area contributed by atoms with Crippen molar-refractivity contribution in [3.05, 3.63) is 58.5 Å². The van der Waals surface area contributed by atoms with Crippen LogP contribution < -0.4 is 14.2 Å². The lowest BCUT2D eigenvalue weighted by atomic mass is 10.2. The molecule has 0 unspecified atom stereocenters. The largest absolute Gasteiger partial charge is 0.492 e. The number of carbonyl (C=O) groups excluding carboxylic acids is 2. The number of aryl methyl sites for hydroxylation is 1. The molecule has 2 amide bonds. The van der Waals surface area contributed by atoms with Crippen molar-refractivity contribution in [1.29, 1.82) is 0 Å². The third-order valence-corrected chi connectivity index (χ3v) is 5.08. The van der Waals surface area contributed by atoms with Crippen molar-refractivity contribution < 1.29 is 23.8 Å². The molecule has 7 heteroatoms. The van der Waals surface area contributed by atoms with Gasteiger partial charge in [0, 0.05) is 0 Å². The number of fused-ring (bicyclic) bond motifs is 1. The Bertz CT molecular complexity index is 922. The molecular weight excluding hydrogens is 366 g/mol. The molecule has 27 heavy (non-hydrogen) atoms. The highest BCUT2D eigenvalue weighted by Gasteiger charge is 2.34. The summed E-state index contributed by atoms with van der Waals surface area (Å²) in [6, 6.07) is 13.0. The van der Waals surface area contributed by atoms with Crippen LogP contribution in [0.3, 0.4) is 0 Å². The van der Waals surface area contributed by atoms with Crippen LogP contribution in [-0.2, 0) is 4.79 Å². The number of nitrogens with zero attached hydrogens (tertiary/aromatic N) is 1. The molecule has 0 aliphatic carbocycles. The first kappa shape index (κ1) is 17.5. The van der Waals surface area contributed by atoms with Gasteiger partial charge in [0.05, 0.1) is 11.4 Å². The maximum atomic E-state index is 12.5. The zero-order valence-corrected chi connectivity index (χ0v) is 15.5. The van der Waals surface area contributed by atoms with Crippen molar-refractivity contribution in [2.75, 3.05) is 19.9 Å². The van der Waals surface area contributed by atoms with Gasteiger partial charge in [0.1, 0.15) is 12.4 Å².